The average Bonchev–Trinajstić information content (AvgIpc) is 3.46. The summed E-state index contributed by atoms with van der Waals surface area (Å²) in [5.74, 6) is 0.884. The van der Waals surface area contributed by atoms with Crippen molar-refractivity contribution in [1.29, 1.82) is 0 Å². The molecule has 29 heavy (non-hydrogen) atoms. The number of anilines is 1. The first-order valence-corrected chi connectivity index (χ1v) is 11.6. The molecular weight excluding hydrogens is 384 g/mol. The summed E-state index contributed by atoms with van der Waals surface area (Å²) < 4.78 is 0. The van der Waals surface area contributed by atoms with Crippen LogP contribution >= 0.6 is 11.3 Å². The number of nitrogens with zero attached hydrogens (tertiary/aromatic N) is 4. The van der Waals surface area contributed by atoms with Gasteiger partial charge in [-0.3, -0.25) is 9.69 Å². The van der Waals surface area contributed by atoms with Crippen LogP contribution in [0.25, 0.3) is 0 Å². The van der Waals surface area contributed by atoms with Gasteiger partial charge in [0.15, 0.2) is 0 Å². The number of aromatic nitrogens is 3. The van der Waals surface area contributed by atoms with Crippen molar-refractivity contribution >= 4 is 23.2 Å². The van der Waals surface area contributed by atoms with Gasteiger partial charge < -0.3 is 10.6 Å². The Morgan fingerprint density at radius 1 is 1.28 bits per heavy atom. The molecule has 2 bridgehead atoms. The predicted octanol–water partition coefficient (Wildman–Crippen LogP) is 2.86. The Balaban J connectivity index is 1.40. The monoisotopic (exact) mass is 414 g/mol. The van der Waals surface area contributed by atoms with Gasteiger partial charge in [-0.15, -0.1) is 11.3 Å². The SMILES string of the molecule is CCNc1ncc(CN2[C@H]3CC[C@@H]2[C@](CC)(C(=O)NCCc2cscn2)C3)cn1. The van der Waals surface area contributed by atoms with Gasteiger partial charge in [-0.25, -0.2) is 15.0 Å². The fourth-order valence-corrected chi connectivity index (χ4v) is 5.66. The molecule has 2 saturated heterocycles. The van der Waals surface area contributed by atoms with E-state index in [1.165, 1.54) is 6.42 Å². The molecule has 0 unspecified atom stereocenters. The molecule has 2 aromatic rings. The minimum atomic E-state index is -0.282. The lowest BCUT2D eigenvalue weighted by molar-refractivity contribution is -0.133. The van der Waals surface area contributed by atoms with Crippen LogP contribution in [0.2, 0.25) is 0 Å². The number of amides is 1. The summed E-state index contributed by atoms with van der Waals surface area (Å²) in [5, 5.41) is 8.39. The lowest BCUT2D eigenvalue weighted by Gasteiger charge is -2.35. The van der Waals surface area contributed by atoms with Crippen LogP contribution in [0.3, 0.4) is 0 Å². The third kappa shape index (κ3) is 4.00. The number of thiazole rings is 1. The minimum absolute atomic E-state index is 0.214. The number of carbonyl (C=O) groups excluding carboxylic acids is 1. The van der Waals surface area contributed by atoms with Crippen molar-refractivity contribution in [3.05, 3.63) is 34.5 Å². The van der Waals surface area contributed by atoms with Gasteiger partial charge in [0.05, 0.1) is 16.6 Å². The molecule has 0 saturated carbocycles. The van der Waals surface area contributed by atoms with E-state index in [-0.39, 0.29) is 11.3 Å². The molecule has 2 N–H and O–H groups in total. The van der Waals surface area contributed by atoms with Gasteiger partial charge in [-0.2, -0.15) is 0 Å². The molecule has 7 nitrogen and oxygen atoms in total. The second-order valence-corrected chi connectivity index (χ2v) is 8.78. The number of carbonyl (C=O) groups is 1. The number of hydrogen-bond donors (Lipinski definition) is 2. The highest BCUT2D eigenvalue weighted by Gasteiger charge is 2.58. The summed E-state index contributed by atoms with van der Waals surface area (Å²) in [6.45, 7) is 6.47. The van der Waals surface area contributed by atoms with E-state index in [9.17, 15) is 4.79 Å². The van der Waals surface area contributed by atoms with Crippen LogP contribution in [-0.4, -0.2) is 50.9 Å². The van der Waals surface area contributed by atoms with Gasteiger partial charge in [0.25, 0.3) is 0 Å². The smallest absolute Gasteiger partial charge is 0.227 e. The summed E-state index contributed by atoms with van der Waals surface area (Å²) >= 11 is 1.60. The number of fused-ring (bicyclic) bond motifs is 2. The third-order valence-corrected chi connectivity index (χ3v) is 7.15. The highest BCUT2D eigenvalue weighted by molar-refractivity contribution is 7.07. The van der Waals surface area contributed by atoms with E-state index < -0.39 is 0 Å². The highest BCUT2D eigenvalue weighted by atomic mass is 32.1. The van der Waals surface area contributed by atoms with Crippen molar-refractivity contribution in [3.63, 3.8) is 0 Å². The van der Waals surface area contributed by atoms with Gasteiger partial charge in [0.2, 0.25) is 11.9 Å². The Morgan fingerprint density at radius 2 is 2.10 bits per heavy atom. The van der Waals surface area contributed by atoms with Crippen LogP contribution in [-0.2, 0) is 17.8 Å². The Hall–Kier alpha value is -2.06. The van der Waals surface area contributed by atoms with Gasteiger partial charge in [0.1, 0.15) is 0 Å². The van der Waals surface area contributed by atoms with Crippen molar-refractivity contribution < 1.29 is 4.79 Å². The Kier molecular flexibility index (Phi) is 6.10. The van der Waals surface area contributed by atoms with Gasteiger partial charge in [-0.05, 0) is 32.6 Å². The Bertz CT molecular complexity index is 811. The van der Waals surface area contributed by atoms with Crippen molar-refractivity contribution in [1.82, 2.24) is 25.2 Å². The molecule has 2 fully saturated rings. The van der Waals surface area contributed by atoms with Crippen molar-refractivity contribution in [2.45, 2.75) is 64.6 Å². The summed E-state index contributed by atoms with van der Waals surface area (Å²) in [6, 6.07) is 0.767. The summed E-state index contributed by atoms with van der Waals surface area (Å²) in [6.07, 6.45) is 8.70. The van der Waals surface area contributed by atoms with Crippen molar-refractivity contribution in [2.75, 3.05) is 18.4 Å². The van der Waals surface area contributed by atoms with E-state index in [1.807, 2.05) is 30.2 Å². The highest BCUT2D eigenvalue weighted by Crippen LogP contribution is 2.52. The fraction of sp³-hybridized carbons (Fsp3) is 0.619. The maximum absolute atomic E-state index is 13.2. The molecule has 4 heterocycles. The summed E-state index contributed by atoms with van der Waals surface area (Å²) in [4.78, 5) is 28.9. The van der Waals surface area contributed by atoms with E-state index in [1.54, 1.807) is 11.3 Å². The zero-order chi connectivity index (χ0) is 20.3. The van der Waals surface area contributed by atoms with E-state index in [0.717, 1.165) is 50.0 Å². The van der Waals surface area contributed by atoms with E-state index in [0.29, 0.717) is 24.6 Å². The van der Waals surface area contributed by atoms with Crippen LogP contribution in [0.1, 0.15) is 50.8 Å². The molecule has 1 amide bonds. The average molecular weight is 415 g/mol. The van der Waals surface area contributed by atoms with Crippen molar-refractivity contribution in [3.8, 4) is 0 Å². The van der Waals surface area contributed by atoms with E-state index >= 15 is 0 Å². The minimum Gasteiger partial charge on any atom is -0.355 e. The largest absolute Gasteiger partial charge is 0.355 e. The third-order valence-electron chi connectivity index (χ3n) is 6.52. The molecule has 8 heteroatoms. The first-order chi connectivity index (χ1) is 14.2. The molecule has 4 rings (SSSR count). The second-order valence-electron chi connectivity index (χ2n) is 8.06. The topological polar surface area (TPSA) is 83.0 Å². The first-order valence-electron chi connectivity index (χ1n) is 10.6. The first kappa shape index (κ1) is 20.2. The van der Waals surface area contributed by atoms with Crippen LogP contribution < -0.4 is 10.6 Å². The van der Waals surface area contributed by atoms with E-state index in [4.69, 9.17) is 0 Å². The van der Waals surface area contributed by atoms with Gasteiger partial charge in [-0.1, -0.05) is 6.92 Å². The zero-order valence-electron chi connectivity index (χ0n) is 17.2. The lowest BCUT2D eigenvalue weighted by Crippen LogP contribution is -2.49. The number of nitrogens with one attached hydrogen (secondary N) is 2. The summed E-state index contributed by atoms with van der Waals surface area (Å²) in [5.41, 5.74) is 3.72. The fourth-order valence-electron chi connectivity index (χ4n) is 5.07. The van der Waals surface area contributed by atoms with Gasteiger partial charge in [0, 0.05) is 61.5 Å². The Morgan fingerprint density at radius 3 is 2.79 bits per heavy atom. The molecule has 2 aliphatic heterocycles. The molecule has 0 aromatic carbocycles. The second kappa shape index (κ2) is 8.75. The normalized spacial score (nSPS) is 26.0. The molecule has 0 radical (unpaired) electrons. The van der Waals surface area contributed by atoms with Crippen LogP contribution in [0.15, 0.2) is 23.3 Å². The standard InChI is InChI=1S/C21H30N6OS/c1-3-21(19(28)23-8-7-16-13-29-14-26-16)9-17-5-6-18(21)27(17)12-15-10-24-20(22-4-2)25-11-15/h10-11,13-14,17-18H,3-9,12H2,1-2H3,(H,23,28)(H,22,24,25)/t17-,18+,21+/m0/s1. The predicted molar refractivity (Wildman–Crippen MR) is 115 cm³/mol. The van der Waals surface area contributed by atoms with E-state index in [2.05, 4.69) is 37.4 Å². The van der Waals surface area contributed by atoms with Gasteiger partial charge >= 0.3 is 0 Å². The zero-order valence-corrected chi connectivity index (χ0v) is 18.0. The maximum Gasteiger partial charge on any atom is 0.227 e. The van der Waals surface area contributed by atoms with Crippen LogP contribution in [0.4, 0.5) is 5.95 Å². The molecule has 0 aliphatic carbocycles. The number of hydrogen-bond acceptors (Lipinski definition) is 7. The number of rotatable bonds is 9. The molecule has 2 aromatic heterocycles. The quantitative estimate of drug-likeness (QED) is 0.657. The maximum atomic E-state index is 13.2. The molecule has 3 atom stereocenters. The lowest BCUT2D eigenvalue weighted by atomic mass is 9.71. The molecular formula is C21H30N6OS. The summed E-state index contributed by atoms with van der Waals surface area (Å²) in [7, 11) is 0. The molecule has 156 valence electrons. The molecule has 2 aliphatic rings. The molecule has 0 spiro atoms. The Labute approximate surface area is 176 Å². The van der Waals surface area contributed by atoms with Crippen LogP contribution in [0, 0.1) is 5.41 Å². The van der Waals surface area contributed by atoms with Crippen LogP contribution in [0.5, 0.6) is 0 Å². The van der Waals surface area contributed by atoms with Crippen molar-refractivity contribution in [2.24, 2.45) is 5.41 Å².